The minimum atomic E-state index is 0.570. The van der Waals surface area contributed by atoms with Gasteiger partial charge in [-0.3, -0.25) is 4.98 Å². The average molecular weight is 336 g/mol. The third-order valence-corrected chi connectivity index (χ3v) is 7.30. The van der Waals surface area contributed by atoms with Gasteiger partial charge in [-0.1, -0.05) is 24.6 Å². The second-order valence-electron chi connectivity index (χ2n) is 8.40. The normalized spacial score (nSPS) is 32.7. The molecule has 2 bridgehead atoms. The van der Waals surface area contributed by atoms with E-state index in [0.29, 0.717) is 11.8 Å². The predicted octanol–water partition coefficient (Wildman–Crippen LogP) is 5.08. The van der Waals surface area contributed by atoms with Crippen LogP contribution in [0.15, 0.2) is 43.1 Å². The van der Waals surface area contributed by atoms with Gasteiger partial charge in [0.25, 0.3) is 0 Å². The van der Waals surface area contributed by atoms with E-state index in [4.69, 9.17) is 0 Å². The summed E-state index contributed by atoms with van der Waals surface area (Å²) in [6.07, 6.45) is 6.96. The van der Waals surface area contributed by atoms with Crippen molar-refractivity contribution in [3.63, 3.8) is 0 Å². The van der Waals surface area contributed by atoms with Crippen LogP contribution >= 0.6 is 0 Å². The van der Waals surface area contributed by atoms with Crippen LogP contribution < -0.4 is 0 Å². The number of pyridine rings is 1. The minimum Gasteiger partial charge on any atom is -0.320 e. The molecule has 0 N–H and O–H groups in total. The van der Waals surface area contributed by atoms with Gasteiger partial charge in [-0.2, -0.15) is 0 Å². The topological polar surface area (TPSA) is 12.9 Å². The molecule has 25 heavy (non-hydrogen) atoms. The van der Waals surface area contributed by atoms with Crippen LogP contribution in [0.1, 0.15) is 43.7 Å². The van der Waals surface area contributed by atoms with E-state index < -0.39 is 0 Å². The summed E-state index contributed by atoms with van der Waals surface area (Å²) < 4.78 is 1.28. The van der Waals surface area contributed by atoms with Gasteiger partial charge < -0.3 is 4.48 Å². The number of hydrogen-bond acceptors (Lipinski definition) is 1. The molecule has 0 radical (unpaired) electrons. The van der Waals surface area contributed by atoms with E-state index in [2.05, 4.69) is 62.7 Å². The summed E-state index contributed by atoms with van der Waals surface area (Å²) in [6, 6.07) is 9.67. The molecule has 4 heterocycles. The summed E-state index contributed by atoms with van der Waals surface area (Å²) in [4.78, 5) is 4.60. The van der Waals surface area contributed by atoms with Crippen LogP contribution in [0.3, 0.4) is 0 Å². The standard InChI is InChI=1S/C23H31N2/c1-5-18-15-25(6-2)12-10-19(18)14-23(25)17(4)20-9-11-24-22-8-7-16(3)13-21(20)22/h5,7-9,11,13,17-19,23H,1,6,10,12,14-15H2,2-4H3/q+1/t17?,18-,19-,23?,25-/m0/s1. The molecular formula is C23H31N2+. The zero-order chi connectivity index (χ0) is 17.6. The summed E-state index contributed by atoms with van der Waals surface area (Å²) in [7, 11) is 0. The van der Waals surface area contributed by atoms with Crippen LogP contribution in [0.5, 0.6) is 0 Å². The predicted molar refractivity (Wildman–Crippen MR) is 106 cm³/mol. The monoisotopic (exact) mass is 335 g/mol. The van der Waals surface area contributed by atoms with E-state index in [-0.39, 0.29) is 0 Å². The Kier molecular flexibility index (Phi) is 4.19. The summed E-state index contributed by atoms with van der Waals surface area (Å²) in [5.74, 6) is 2.13. The van der Waals surface area contributed by atoms with Crippen molar-refractivity contribution >= 4 is 10.9 Å². The first kappa shape index (κ1) is 16.8. The molecule has 5 rings (SSSR count). The maximum absolute atomic E-state index is 4.60. The van der Waals surface area contributed by atoms with E-state index in [1.807, 2.05) is 6.20 Å². The number of aryl methyl sites for hydroxylation is 1. The van der Waals surface area contributed by atoms with Crippen molar-refractivity contribution in [2.75, 3.05) is 19.6 Å². The Balaban J connectivity index is 1.75. The quantitative estimate of drug-likeness (QED) is 0.561. The van der Waals surface area contributed by atoms with Crippen LogP contribution in [0.25, 0.3) is 10.9 Å². The van der Waals surface area contributed by atoms with Gasteiger partial charge >= 0.3 is 0 Å². The molecule has 5 atom stereocenters. The molecule has 0 amide bonds. The number of rotatable bonds is 4. The molecule has 2 nitrogen and oxygen atoms in total. The van der Waals surface area contributed by atoms with Gasteiger partial charge in [0.05, 0.1) is 31.2 Å². The summed E-state index contributed by atoms with van der Waals surface area (Å²) in [5.41, 5.74) is 3.95. The number of aromatic nitrogens is 1. The highest BCUT2D eigenvalue weighted by Gasteiger charge is 2.52. The summed E-state index contributed by atoms with van der Waals surface area (Å²) in [6.45, 7) is 15.0. The van der Waals surface area contributed by atoms with Crippen molar-refractivity contribution in [2.24, 2.45) is 11.8 Å². The Morgan fingerprint density at radius 2 is 2.20 bits per heavy atom. The van der Waals surface area contributed by atoms with Crippen LogP contribution in [-0.2, 0) is 0 Å². The number of nitrogens with zero attached hydrogens (tertiary/aromatic N) is 2. The Hall–Kier alpha value is -1.67. The minimum absolute atomic E-state index is 0.570. The SMILES string of the molecule is C=C[C@H]1C[N@+]2(CC)CC[C@H]1CC2C(C)c1ccnc2ccc(C)cc12. The molecule has 3 aliphatic rings. The Labute approximate surface area is 152 Å². The fourth-order valence-corrected chi connectivity index (χ4v) is 5.78. The van der Waals surface area contributed by atoms with Crippen molar-refractivity contribution in [1.82, 2.24) is 4.98 Å². The zero-order valence-corrected chi connectivity index (χ0v) is 15.9. The summed E-state index contributed by atoms with van der Waals surface area (Å²) in [5, 5.41) is 1.35. The number of hydrogen-bond donors (Lipinski definition) is 0. The first-order valence-corrected chi connectivity index (χ1v) is 9.91. The van der Waals surface area contributed by atoms with Gasteiger partial charge in [0.1, 0.15) is 0 Å². The number of likely N-dealkylation sites (N-methyl/N-ethyl adjacent to an activating group) is 1. The van der Waals surface area contributed by atoms with Crippen molar-refractivity contribution in [2.45, 2.75) is 45.6 Å². The first-order valence-electron chi connectivity index (χ1n) is 9.91. The lowest BCUT2D eigenvalue weighted by Crippen LogP contribution is -2.67. The molecule has 2 unspecified atom stereocenters. The van der Waals surface area contributed by atoms with E-state index in [1.165, 1.54) is 53.5 Å². The highest BCUT2D eigenvalue weighted by Crippen LogP contribution is 2.47. The highest BCUT2D eigenvalue weighted by molar-refractivity contribution is 5.83. The molecule has 132 valence electrons. The smallest absolute Gasteiger partial charge is 0.0960 e. The van der Waals surface area contributed by atoms with E-state index >= 15 is 0 Å². The first-order chi connectivity index (χ1) is 12.1. The molecule has 3 saturated heterocycles. The number of fused-ring (bicyclic) bond motifs is 4. The van der Waals surface area contributed by atoms with Crippen LogP contribution in [-0.4, -0.2) is 35.1 Å². The van der Waals surface area contributed by atoms with Gasteiger partial charge in [0.15, 0.2) is 0 Å². The van der Waals surface area contributed by atoms with Crippen molar-refractivity contribution < 1.29 is 4.48 Å². The zero-order valence-electron chi connectivity index (χ0n) is 15.9. The van der Waals surface area contributed by atoms with E-state index in [0.717, 1.165) is 17.5 Å². The maximum atomic E-state index is 4.60. The molecule has 1 aromatic carbocycles. The Bertz CT molecular complexity index is 796. The summed E-state index contributed by atoms with van der Waals surface area (Å²) >= 11 is 0. The number of benzene rings is 1. The van der Waals surface area contributed by atoms with Crippen molar-refractivity contribution in [3.8, 4) is 0 Å². The largest absolute Gasteiger partial charge is 0.320 e. The van der Waals surface area contributed by atoms with Crippen LogP contribution in [0.2, 0.25) is 0 Å². The Morgan fingerprint density at radius 3 is 2.96 bits per heavy atom. The van der Waals surface area contributed by atoms with Crippen LogP contribution in [0.4, 0.5) is 0 Å². The lowest BCUT2D eigenvalue weighted by Gasteiger charge is -2.58. The third kappa shape index (κ3) is 2.62. The van der Waals surface area contributed by atoms with Crippen molar-refractivity contribution in [1.29, 1.82) is 0 Å². The average Bonchev–Trinajstić information content (AvgIpc) is 2.67. The Morgan fingerprint density at radius 1 is 1.36 bits per heavy atom. The molecule has 2 heteroatoms. The van der Waals surface area contributed by atoms with Crippen LogP contribution in [0, 0.1) is 18.8 Å². The van der Waals surface area contributed by atoms with E-state index in [1.54, 1.807) is 0 Å². The molecule has 0 saturated carbocycles. The van der Waals surface area contributed by atoms with Gasteiger partial charge in [-0.15, -0.1) is 6.58 Å². The van der Waals surface area contributed by atoms with Gasteiger partial charge in [0.2, 0.25) is 0 Å². The molecule has 3 aliphatic heterocycles. The lowest BCUT2D eigenvalue weighted by molar-refractivity contribution is -0.969. The molecule has 0 spiro atoms. The lowest BCUT2D eigenvalue weighted by atomic mass is 9.69. The maximum Gasteiger partial charge on any atom is 0.0960 e. The van der Waals surface area contributed by atoms with Crippen molar-refractivity contribution in [3.05, 3.63) is 54.2 Å². The molecule has 1 aromatic heterocycles. The van der Waals surface area contributed by atoms with E-state index in [9.17, 15) is 0 Å². The highest BCUT2D eigenvalue weighted by atomic mass is 15.4. The second-order valence-corrected chi connectivity index (χ2v) is 8.40. The molecule has 3 fully saturated rings. The van der Waals surface area contributed by atoms with Gasteiger partial charge in [-0.25, -0.2) is 0 Å². The van der Waals surface area contributed by atoms with Gasteiger partial charge in [-0.05, 0) is 43.5 Å². The fraction of sp³-hybridized carbons (Fsp3) is 0.522. The molecule has 0 aliphatic carbocycles. The third-order valence-electron chi connectivity index (χ3n) is 7.30. The molecule has 2 aromatic rings. The fourth-order valence-electron chi connectivity index (χ4n) is 5.78. The molecular weight excluding hydrogens is 304 g/mol. The second kappa shape index (κ2) is 6.25. The number of piperidine rings is 3. The van der Waals surface area contributed by atoms with Gasteiger partial charge in [0, 0.05) is 36.3 Å². The number of quaternary nitrogens is 1.